The number of imide groups is 1. The van der Waals surface area contributed by atoms with E-state index in [0.29, 0.717) is 27.7 Å². The minimum atomic E-state index is -0.518. The van der Waals surface area contributed by atoms with Crippen molar-refractivity contribution in [1.82, 2.24) is 9.88 Å². The number of aromatic nitrogens is 1. The molecule has 0 radical (unpaired) electrons. The molecule has 0 saturated heterocycles. The van der Waals surface area contributed by atoms with Gasteiger partial charge in [0.25, 0.3) is 11.8 Å². The van der Waals surface area contributed by atoms with Gasteiger partial charge in [-0.1, -0.05) is 30.9 Å². The summed E-state index contributed by atoms with van der Waals surface area (Å²) in [5.41, 5.74) is 1.14. The number of carbonyl (C=O) groups is 3. The summed E-state index contributed by atoms with van der Waals surface area (Å²) < 4.78 is 0. The lowest BCUT2D eigenvalue weighted by atomic mass is 9.94. The molecule has 28 heavy (non-hydrogen) atoms. The van der Waals surface area contributed by atoms with Crippen LogP contribution in [0.15, 0.2) is 36.5 Å². The smallest absolute Gasteiger partial charge is 0.308 e. The van der Waals surface area contributed by atoms with E-state index in [9.17, 15) is 14.4 Å². The van der Waals surface area contributed by atoms with Crippen molar-refractivity contribution < 1.29 is 14.4 Å². The fourth-order valence-electron chi connectivity index (χ4n) is 3.76. The van der Waals surface area contributed by atoms with Crippen LogP contribution < -0.4 is 10.6 Å². The summed E-state index contributed by atoms with van der Waals surface area (Å²) in [7, 11) is 0. The molecule has 8 heteroatoms. The minimum absolute atomic E-state index is 0.0326. The molecule has 1 aromatic carbocycles. The van der Waals surface area contributed by atoms with Crippen molar-refractivity contribution in [2.24, 2.45) is 0 Å². The maximum absolute atomic E-state index is 12.8. The molecular formula is C20H19ClN4O3. The molecule has 2 heterocycles. The van der Waals surface area contributed by atoms with E-state index in [1.54, 1.807) is 24.3 Å². The third kappa shape index (κ3) is 3.57. The van der Waals surface area contributed by atoms with Gasteiger partial charge < -0.3 is 5.32 Å². The highest BCUT2D eigenvalue weighted by molar-refractivity contribution is 6.30. The van der Waals surface area contributed by atoms with Crippen molar-refractivity contribution in [3.05, 3.63) is 52.7 Å². The summed E-state index contributed by atoms with van der Waals surface area (Å²) in [4.78, 5) is 43.1. The molecule has 144 valence electrons. The average Bonchev–Trinajstić information content (AvgIpc) is 2.92. The number of carbonyl (C=O) groups excluding carboxylic acids is 3. The molecule has 1 aromatic heterocycles. The lowest BCUT2D eigenvalue weighted by molar-refractivity contribution is 0.0549. The van der Waals surface area contributed by atoms with Crippen LogP contribution in [0.3, 0.4) is 0 Å². The third-order valence-corrected chi connectivity index (χ3v) is 5.31. The fourth-order valence-corrected chi connectivity index (χ4v) is 3.92. The first kappa shape index (κ1) is 18.4. The molecule has 1 aliphatic carbocycles. The predicted molar refractivity (Wildman–Crippen MR) is 106 cm³/mol. The van der Waals surface area contributed by atoms with Gasteiger partial charge in [0, 0.05) is 22.9 Å². The van der Waals surface area contributed by atoms with Crippen LogP contribution in [0, 0.1) is 0 Å². The van der Waals surface area contributed by atoms with Gasteiger partial charge in [0.2, 0.25) is 0 Å². The number of benzene rings is 1. The first-order valence-electron chi connectivity index (χ1n) is 9.24. The molecule has 1 saturated carbocycles. The third-order valence-electron chi connectivity index (χ3n) is 5.08. The quantitative estimate of drug-likeness (QED) is 0.753. The summed E-state index contributed by atoms with van der Waals surface area (Å²) in [5, 5.41) is 5.68. The Morgan fingerprint density at radius 1 is 1.00 bits per heavy atom. The number of hydrogen-bond donors (Lipinski definition) is 2. The number of fused-ring (bicyclic) bond motifs is 1. The predicted octanol–water partition coefficient (Wildman–Crippen LogP) is 4.31. The van der Waals surface area contributed by atoms with Crippen molar-refractivity contribution in [1.29, 1.82) is 0 Å². The summed E-state index contributed by atoms with van der Waals surface area (Å²) in [6.07, 6.45) is 6.39. The van der Waals surface area contributed by atoms with Crippen molar-refractivity contribution in [3.63, 3.8) is 0 Å². The molecule has 1 fully saturated rings. The van der Waals surface area contributed by atoms with E-state index < -0.39 is 6.03 Å². The van der Waals surface area contributed by atoms with Crippen LogP contribution in [0.1, 0.15) is 52.8 Å². The Kier molecular flexibility index (Phi) is 5.00. The van der Waals surface area contributed by atoms with E-state index in [4.69, 9.17) is 11.6 Å². The number of amides is 4. The van der Waals surface area contributed by atoms with Crippen LogP contribution in [0.5, 0.6) is 0 Å². The Hall–Kier alpha value is -2.93. The number of urea groups is 1. The first-order chi connectivity index (χ1) is 13.5. The molecule has 7 nitrogen and oxygen atoms in total. The van der Waals surface area contributed by atoms with Gasteiger partial charge in [-0.25, -0.2) is 9.78 Å². The SMILES string of the molecule is O=C(Nc1ccc2c(c1)C(=O)N(C1CCCCC1)C2=O)Nc1cc(Cl)ccn1. The number of nitrogens with one attached hydrogen (secondary N) is 2. The van der Waals surface area contributed by atoms with E-state index in [-0.39, 0.29) is 17.9 Å². The molecule has 2 aliphatic rings. The van der Waals surface area contributed by atoms with E-state index in [1.807, 2.05) is 0 Å². The lowest BCUT2D eigenvalue weighted by Gasteiger charge is -2.29. The molecule has 0 bridgehead atoms. The molecule has 4 amide bonds. The lowest BCUT2D eigenvalue weighted by Crippen LogP contribution is -2.40. The molecular weight excluding hydrogens is 380 g/mol. The summed E-state index contributed by atoms with van der Waals surface area (Å²) in [6.45, 7) is 0. The van der Waals surface area contributed by atoms with Crippen LogP contribution in [-0.2, 0) is 0 Å². The minimum Gasteiger partial charge on any atom is -0.308 e. The highest BCUT2D eigenvalue weighted by Crippen LogP contribution is 2.32. The molecule has 0 unspecified atom stereocenters. The van der Waals surface area contributed by atoms with Crippen LogP contribution in [0.2, 0.25) is 5.02 Å². The van der Waals surface area contributed by atoms with E-state index >= 15 is 0 Å². The highest BCUT2D eigenvalue weighted by Gasteiger charge is 2.40. The zero-order chi connectivity index (χ0) is 19.7. The van der Waals surface area contributed by atoms with E-state index in [1.165, 1.54) is 17.2 Å². The first-order valence-corrected chi connectivity index (χ1v) is 9.62. The second kappa shape index (κ2) is 7.59. The molecule has 4 rings (SSSR count). The standard InChI is InChI=1S/C20H19ClN4O3/c21-12-8-9-22-17(10-12)24-20(28)23-13-6-7-15-16(11-13)19(27)25(18(15)26)14-4-2-1-3-5-14/h6-11,14H,1-5H2,(H2,22,23,24,28). The van der Waals surface area contributed by atoms with Gasteiger partial charge in [-0.2, -0.15) is 0 Å². The van der Waals surface area contributed by atoms with Crippen LogP contribution in [-0.4, -0.2) is 33.8 Å². The van der Waals surface area contributed by atoms with Crippen molar-refractivity contribution in [2.45, 2.75) is 38.1 Å². The van der Waals surface area contributed by atoms with E-state index in [0.717, 1.165) is 32.1 Å². The molecule has 2 aromatic rings. The van der Waals surface area contributed by atoms with Crippen LogP contribution in [0.4, 0.5) is 16.3 Å². The van der Waals surface area contributed by atoms with Gasteiger partial charge in [-0.15, -0.1) is 0 Å². The van der Waals surface area contributed by atoms with Gasteiger partial charge in [-0.3, -0.25) is 19.8 Å². The number of anilines is 2. The number of halogens is 1. The topological polar surface area (TPSA) is 91.4 Å². The second-order valence-corrected chi connectivity index (χ2v) is 7.41. The normalized spacial score (nSPS) is 16.8. The zero-order valence-corrected chi connectivity index (χ0v) is 15.8. The van der Waals surface area contributed by atoms with Gasteiger partial charge in [0.05, 0.1) is 11.1 Å². The average molecular weight is 399 g/mol. The molecule has 0 spiro atoms. The number of nitrogens with zero attached hydrogens (tertiary/aromatic N) is 2. The molecule has 1 aliphatic heterocycles. The summed E-state index contributed by atoms with van der Waals surface area (Å²) in [6, 6.07) is 7.32. The Morgan fingerprint density at radius 2 is 1.75 bits per heavy atom. The fraction of sp³-hybridized carbons (Fsp3) is 0.300. The summed E-state index contributed by atoms with van der Waals surface area (Å²) >= 11 is 5.87. The van der Waals surface area contributed by atoms with Crippen molar-refractivity contribution in [3.8, 4) is 0 Å². The highest BCUT2D eigenvalue weighted by atomic mass is 35.5. The van der Waals surface area contributed by atoms with Crippen molar-refractivity contribution >= 4 is 41.0 Å². The van der Waals surface area contributed by atoms with Gasteiger partial charge >= 0.3 is 6.03 Å². The van der Waals surface area contributed by atoms with E-state index in [2.05, 4.69) is 15.6 Å². The maximum atomic E-state index is 12.8. The molecule has 0 atom stereocenters. The zero-order valence-electron chi connectivity index (χ0n) is 15.1. The van der Waals surface area contributed by atoms with Crippen LogP contribution >= 0.6 is 11.6 Å². The monoisotopic (exact) mass is 398 g/mol. The largest absolute Gasteiger partial charge is 0.324 e. The Balaban J connectivity index is 1.49. The number of pyridine rings is 1. The number of hydrogen-bond acceptors (Lipinski definition) is 4. The number of rotatable bonds is 3. The van der Waals surface area contributed by atoms with Crippen LogP contribution in [0.25, 0.3) is 0 Å². The Labute approximate surface area is 167 Å². The van der Waals surface area contributed by atoms with Gasteiger partial charge in [0.15, 0.2) is 0 Å². The Bertz CT molecular complexity index is 956. The second-order valence-electron chi connectivity index (χ2n) is 6.97. The Morgan fingerprint density at radius 3 is 2.50 bits per heavy atom. The van der Waals surface area contributed by atoms with Gasteiger partial charge in [-0.05, 0) is 43.2 Å². The summed E-state index contributed by atoms with van der Waals surface area (Å²) in [5.74, 6) is -0.223. The van der Waals surface area contributed by atoms with Crippen molar-refractivity contribution in [2.75, 3.05) is 10.6 Å². The van der Waals surface area contributed by atoms with Gasteiger partial charge in [0.1, 0.15) is 5.82 Å². The molecule has 2 N–H and O–H groups in total. The maximum Gasteiger partial charge on any atom is 0.324 e.